The van der Waals surface area contributed by atoms with Gasteiger partial charge in [0.05, 0.1) is 24.4 Å². The highest BCUT2D eigenvalue weighted by atomic mass is 32.2. The third kappa shape index (κ3) is 4.26. The number of amides is 1. The molecule has 2 unspecified atom stereocenters. The molecule has 11 heteroatoms. The van der Waals surface area contributed by atoms with E-state index in [4.69, 9.17) is 4.74 Å². The summed E-state index contributed by atoms with van der Waals surface area (Å²) in [5, 5.41) is 2.99. The summed E-state index contributed by atoms with van der Waals surface area (Å²) in [5.74, 6) is -0.275. The van der Waals surface area contributed by atoms with Gasteiger partial charge in [0.25, 0.3) is 5.91 Å². The highest BCUT2D eigenvalue weighted by Gasteiger charge is 2.45. The minimum Gasteiger partial charge on any atom is -0.379 e. The van der Waals surface area contributed by atoms with Gasteiger partial charge in [0.2, 0.25) is 20.0 Å². The van der Waals surface area contributed by atoms with Crippen LogP contribution in [0.5, 0.6) is 0 Å². The SMILES string of the molecule is CS(=O)(=O)N1C2CCC1CC(NC(=O)c1ccc(S(=O)(=O)N3CCOCC3)cc1)C2. The molecule has 1 N–H and O–H groups in total. The number of fused-ring (bicyclic) bond motifs is 2. The van der Waals surface area contributed by atoms with Crippen LogP contribution in [-0.2, 0) is 24.8 Å². The first kappa shape index (κ1) is 21.7. The van der Waals surface area contributed by atoms with Gasteiger partial charge in [0.15, 0.2) is 0 Å². The molecule has 1 amide bonds. The second-order valence-electron chi connectivity index (χ2n) is 8.16. The molecule has 0 saturated carbocycles. The molecule has 3 aliphatic heterocycles. The molecular weight excluding hydrogens is 430 g/mol. The molecule has 9 nitrogen and oxygen atoms in total. The average molecular weight is 458 g/mol. The van der Waals surface area contributed by atoms with Crippen molar-refractivity contribution >= 4 is 26.0 Å². The molecule has 3 fully saturated rings. The van der Waals surface area contributed by atoms with E-state index >= 15 is 0 Å². The molecule has 1 aromatic carbocycles. The molecule has 30 heavy (non-hydrogen) atoms. The first-order valence-corrected chi connectivity index (χ1v) is 13.4. The van der Waals surface area contributed by atoms with E-state index in [2.05, 4.69) is 5.32 Å². The number of nitrogens with zero attached hydrogens (tertiary/aromatic N) is 2. The summed E-state index contributed by atoms with van der Waals surface area (Å²) in [5.41, 5.74) is 0.383. The Morgan fingerprint density at radius 1 is 1.00 bits per heavy atom. The molecule has 0 spiro atoms. The Kier molecular flexibility index (Phi) is 5.92. The van der Waals surface area contributed by atoms with E-state index in [-0.39, 0.29) is 28.9 Å². The van der Waals surface area contributed by atoms with Crippen LogP contribution >= 0.6 is 0 Å². The van der Waals surface area contributed by atoms with Gasteiger partial charge in [-0.15, -0.1) is 0 Å². The molecule has 0 aliphatic carbocycles. The highest BCUT2D eigenvalue weighted by molar-refractivity contribution is 7.89. The number of carbonyl (C=O) groups is 1. The number of piperidine rings is 1. The number of morpholine rings is 1. The van der Waals surface area contributed by atoms with Gasteiger partial charge in [-0.05, 0) is 49.9 Å². The molecule has 3 aliphatic rings. The van der Waals surface area contributed by atoms with Crippen LogP contribution in [-0.4, -0.2) is 82.0 Å². The second-order valence-corrected chi connectivity index (χ2v) is 12.0. The summed E-state index contributed by atoms with van der Waals surface area (Å²) in [6.45, 7) is 1.39. The Hall–Kier alpha value is -1.53. The average Bonchev–Trinajstić information content (AvgIpc) is 3.01. The van der Waals surface area contributed by atoms with Crippen LogP contribution in [0.15, 0.2) is 29.2 Å². The van der Waals surface area contributed by atoms with E-state index in [1.807, 2.05) is 0 Å². The number of carbonyl (C=O) groups excluding carboxylic acids is 1. The lowest BCUT2D eigenvalue weighted by atomic mass is 9.99. The lowest BCUT2D eigenvalue weighted by Crippen LogP contribution is -2.52. The van der Waals surface area contributed by atoms with Crippen LogP contribution < -0.4 is 5.32 Å². The van der Waals surface area contributed by atoms with Crippen LogP contribution in [0.4, 0.5) is 0 Å². The van der Waals surface area contributed by atoms with Crippen molar-refractivity contribution in [2.45, 2.75) is 48.7 Å². The molecule has 3 saturated heterocycles. The van der Waals surface area contributed by atoms with Crippen molar-refractivity contribution in [3.05, 3.63) is 29.8 Å². The molecule has 1 aromatic rings. The molecule has 2 bridgehead atoms. The van der Waals surface area contributed by atoms with Gasteiger partial charge < -0.3 is 10.1 Å². The lowest BCUT2D eigenvalue weighted by molar-refractivity contribution is 0.0730. The number of ether oxygens (including phenoxy) is 1. The van der Waals surface area contributed by atoms with E-state index < -0.39 is 20.0 Å². The fourth-order valence-electron chi connectivity index (χ4n) is 4.78. The smallest absolute Gasteiger partial charge is 0.251 e. The van der Waals surface area contributed by atoms with Gasteiger partial charge in [0, 0.05) is 36.8 Å². The molecular formula is C19H27N3O6S2. The third-order valence-electron chi connectivity index (χ3n) is 6.11. The normalized spacial score (nSPS) is 28.4. The maximum atomic E-state index is 12.7. The van der Waals surface area contributed by atoms with Gasteiger partial charge in [-0.25, -0.2) is 16.8 Å². The highest BCUT2D eigenvalue weighted by Crippen LogP contribution is 2.37. The van der Waals surface area contributed by atoms with Crippen LogP contribution in [0.3, 0.4) is 0 Å². The first-order chi connectivity index (χ1) is 14.2. The topological polar surface area (TPSA) is 113 Å². The fraction of sp³-hybridized carbons (Fsp3) is 0.632. The second kappa shape index (κ2) is 8.19. The van der Waals surface area contributed by atoms with Crippen molar-refractivity contribution < 1.29 is 26.4 Å². The largest absolute Gasteiger partial charge is 0.379 e. The van der Waals surface area contributed by atoms with E-state index in [9.17, 15) is 21.6 Å². The van der Waals surface area contributed by atoms with Gasteiger partial charge in [-0.3, -0.25) is 4.79 Å². The number of rotatable bonds is 5. The Balaban J connectivity index is 1.40. The van der Waals surface area contributed by atoms with Crippen molar-refractivity contribution in [1.29, 1.82) is 0 Å². The van der Waals surface area contributed by atoms with Crippen LogP contribution in [0.25, 0.3) is 0 Å². The van der Waals surface area contributed by atoms with Crippen LogP contribution in [0.2, 0.25) is 0 Å². The number of benzene rings is 1. The zero-order valence-corrected chi connectivity index (χ0v) is 18.5. The molecule has 0 radical (unpaired) electrons. The Labute approximate surface area is 177 Å². The Morgan fingerprint density at radius 3 is 2.10 bits per heavy atom. The number of sulfonamides is 2. The van der Waals surface area contributed by atoms with Crippen molar-refractivity contribution in [2.24, 2.45) is 0 Å². The van der Waals surface area contributed by atoms with Crippen molar-refractivity contribution in [1.82, 2.24) is 13.9 Å². The first-order valence-electron chi connectivity index (χ1n) is 10.1. The van der Waals surface area contributed by atoms with E-state index in [0.717, 1.165) is 12.8 Å². The maximum Gasteiger partial charge on any atom is 0.251 e. The maximum absolute atomic E-state index is 12.7. The molecule has 2 atom stereocenters. The summed E-state index contributed by atoms with van der Waals surface area (Å²) in [4.78, 5) is 12.8. The van der Waals surface area contributed by atoms with Crippen molar-refractivity contribution in [3.63, 3.8) is 0 Å². The lowest BCUT2D eigenvalue weighted by Gasteiger charge is -2.37. The Morgan fingerprint density at radius 2 is 1.57 bits per heavy atom. The molecule has 0 aromatic heterocycles. The van der Waals surface area contributed by atoms with Gasteiger partial charge in [0.1, 0.15) is 0 Å². The van der Waals surface area contributed by atoms with Gasteiger partial charge in [-0.1, -0.05) is 0 Å². The van der Waals surface area contributed by atoms with Crippen LogP contribution in [0.1, 0.15) is 36.0 Å². The zero-order chi connectivity index (χ0) is 21.5. The summed E-state index contributed by atoms with van der Waals surface area (Å²) in [6.07, 6.45) is 4.07. The van der Waals surface area contributed by atoms with Gasteiger partial charge >= 0.3 is 0 Å². The molecule has 4 rings (SSSR count). The number of hydrogen-bond acceptors (Lipinski definition) is 6. The summed E-state index contributed by atoms with van der Waals surface area (Å²) >= 11 is 0. The minimum absolute atomic E-state index is 0.0647. The minimum atomic E-state index is -3.60. The number of hydrogen-bond donors (Lipinski definition) is 1. The Bertz CT molecular complexity index is 989. The van der Waals surface area contributed by atoms with E-state index in [0.29, 0.717) is 44.7 Å². The quantitative estimate of drug-likeness (QED) is 0.685. The number of nitrogens with one attached hydrogen (secondary N) is 1. The summed E-state index contributed by atoms with van der Waals surface area (Å²) in [7, 11) is -6.84. The predicted octanol–water partition coefficient (Wildman–Crippen LogP) is 0.392. The standard InChI is InChI=1S/C19H27N3O6S2/c1-29(24,25)22-16-4-5-17(22)13-15(12-16)20-19(23)14-2-6-18(7-3-14)30(26,27)21-8-10-28-11-9-21/h2-3,6-7,15-17H,4-5,8-13H2,1H3,(H,20,23). The van der Waals surface area contributed by atoms with Gasteiger partial charge in [-0.2, -0.15) is 8.61 Å². The van der Waals surface area contributed by atoms with Crippen LogP contribution in [0, 0.1) is 0 Å². The van der Waals surface area contributed by atoms with E-state index in [1.54, 1.807) is 4.31 Å². The molecule has 166 valence electrons. The summed E-state index contributed by atoms with van der Waals surface area (Å²) < 4.78 is 57.6. The van der Waals surface area contributed by atoms with E-state index in [1.165, 1.54) is 34.8 Å². The monoisotopic (exact) mass is 457 g/mol. The molecule has 3 heterocycles. The summed E-state index contributed by atoms with van der Waals surface area (Å²) in [6, 6.07) is 5.72. The fourth-order valence-corrected chi connectivity index (χ4v) is 7.65. The third-order valence-corrected chi connectivity index (χ3v) is 9.38. The zero-order valence-electron chi connectivity index (χ0n) is 16.9. The van der Waals surface area contributed by atoms with Crippen molar-refractivity contribution in [2.75, 3.05) is 32.6 Å². The predicted molar refractivity (Wildman–Crippen MR) is 110 cm³/mol. The van der Waals surface area contributed by atoms with Crippen molar-refractivity contribution in [3.8, 4) is 0 Å².